The van der Waals surface area contributed by atoms with Gasteiger partial charge in [-0.05, 0) is 19.2 Å². The van der Waals surface area contributed by atoms with E-state index in [1.54, 1.807) is 0 Å². The molecule has 0 radical (unpaired) electrons. The van der Waals surface area contributed by atoms with Crippen LogP contribution in [0, 0.1) is 0 Å². The van der Waals surface area contributed by atoms with Gasteiger partial charge in [-0.25, -0.2) is 4.98 Å². The zero-order chi connectivity index (χ0) is 9.26. The average Bonchev–Trinajstić information content (AvgIpc) is 2.49. The van der Waals surface area contributed by atoms with E-state index in [0.717, 1.165) is 17.9 Å². The number of aromatic nitrogens is 2. The normalized spacial score (nSPS) is 10.8. The van der Waals surface area contributed by atoms with Gasteiger partial charge in [-0.3, -0.25) is 4.40 Å². The number of nitrogens with one attached hydrogen (secondary N) is 1. The topological polar surface area (TPSA) is 55.3 Å². The summed E-state index contributed by atoms with van der Waals surface area (Å²) in [5, 5.41) is 3.05. The number of anilines is 1. The maximum Gasteiger partial charge on any atom is 0.138 e. The SMILES string of the molecule is CNCc1cn2c(N)cccc2n1. The lowest BCUT2D eigenvalue weighted by molar-refractivity contribution is 0.798. The number of nitrogens with two attached hydrogens (primary N) is 1. The van der Waals surface area contributed by atoms with Crippen LogP contribution in [0.2, 0.25) is 0 Å². The van der Waals surface area contributed by atoms with Gasteiger partial charge in [0.1, 0.15) is 11.5 Å². The number of pyridine rings is 1. The van der Waals surface area contributed by atoms with Crippen molar-refractivity contribution in [1.29, 1.82) is 0 Å². The molecule has 0 spiro atoms. The molecule has 0 bridgehead atoms. The molecule has 0 atom stereocenters. The minimum absolute atomic E-state index is 0.715. The molecule has 0 aromatic carbocycles. The standard InChI is InChI=1S/C9H12N4/c1-11-5-7-6-13-8(10)3-2-4-9(13)12-7/h2-4,6,11H,5,10H2,1H3. The maximum atomic E-state index is 5.77. The van der Waals surface area contributed by atoms with Gasteiger partial charge in [0.15, 0.2) is 0 Å². The summed E-state index contributed by atoms with van der Waals surface area (Å²) in [5.74, 6) is 0.715. The van der Waals surface area contributed by atoms with Crippen LogP contribution in [-0.2, 0) is 6.54 Å². The van der Waals surface area contributed by atoms with Gasteiger partial charge in [0, 0.05) is 12.7 Å². The minimum Gasteiger partial charge on any atom is -0.385 e. The van der Waals surface area contributed by atoms with Gasteiger partial charge < -0.3 is 11.1 Å². The van der Waals surface area contributed by atoms with Gasteiger partial charge in [0.2, 0.25) is 0 Å². The summed E-state index contributed by atoms with van der Waals surface area (Å²) in [5.41, 5.74) is 7.66. The van der Waals surface area contributed by atoms with Gasteiger partial charge >= 0.3 is 0 Å². The van der Waals surface area contributed by atoms with Crippen LogP contribution in [-0.4, -0.2) is 16.4 Å². The quantitative estimate of drug-likeness (QED) is 0.706. The number of rotatable bonds is 2. The summed E-state index contributed by atoms with van der Waals surface area (Å²) >= 11 is 0. The van der Waals surface area contributed by atoms with E-state index in [0.29, 0.717) is 5.82 Å². The fourth-order valence-corrected chi connectivity index (χ4v) is 1.35. The summed E-state index contributed by atoms with van der Waals surface area (Å²) in [6, 6.07) is 5.70. The molecule has 68 valence electrons. The Bertz CT molecular complexity index is 418. The first kappa shape index (κ1) is 8.07. The molecule has 2 heterocycles. The van der Waals surface area contributed by atoms with Crippen molar-refractivity contribution in [2.75, 3.05) is 12.8 Å². The Morgan fingerprint density at radius 1 is 1.54 bits per heavy atom. The highest BCUT2D eigenvalue weighted by Crippen LogP contribution is 2.09. The molecule has 0 unspecified atom stereocenters. The minimum atomic E-state index is 0.715. The van der Waals surface area contributed by atoms with Crippen LogP contribution in [0.25, 0.3) is 5.65 Å². The number of imidazole rings is 1. The maximum absolute atomic E-state index is 5.77. The molecule has 0 aliphatic heterocycles. The Labute approximate surface area is 76.4 Å². The molecule has 3 N–H and O–H groups in total. The fraction of sp³-hybridized carbons (Fsp3) is 0.222. The third kappa shape index (κ3) is 1.36. The molecule has 13 heavy (non-hydrogen) atoms. The van der Waals surface area contributed by atoms with Gasteiger partial charge in [-0.2, -0.15) is 0 Å². The Balaban J connectivity index is 2.55. The average molecular weight is 176 g/mol. The number of fused-ring (bicyclic) bond motifs is 1. The van der Waals surface area contributed by atoms with Crippen LogP contribution >= 0.6 is 0 Å². The zero-order valence-electron chi connectivity index (χ0n) is 7.49. The number of hydrogen-bond donors (Lipinski definition) is 2. The molecule has 0 aliphatic carbocycles. The summed E-state index contributed by atoms with van der Waals surface area (Å²) in [6.45, 7) is 0.765. The third-order valence-corrected chi connectivity index (χ3v) is 1.93. The second kappa shape index (κ2) is 3.06. The van der Waals surface area contributed by atoms with E-state index in [1.165, 1.54) is 0 Å². The zero-order valence-corrected chi connectivity index (χ0v) is 7.49. The van der Waals surface area contributed by atoms with E-state index < -0.39 is 0 Å². The summed E-state index contributed by atoms with van der Waals surface area (Å²) in [6.07, 6.45) is 1.95. The molecule has 2 rings (SSSR count). The highest BCUT2D eigenvalue weighted by atomic mass is 15.1. The van der Waals surface area contributed by atoms with E-state index in [2.05, 4.69) is 10.3 Å². The van der Waals surface area contributed by atoms with Crippen LogP contribution in [0.15, 0.2) is 24.4 Å². The molecule has 0 saturated heterocycles. The van der Waals surface area contributed by atoms with Crippen LogP contribution in [0.3, 0.4) is 0 Å². The summed E-state index contributed by atoms with van der Waals surface area (Å²) < 4.78 is 1.88. The molecular weight excluding hydrogens is 164 g/mol. The fourth-order valence-electron chi connectivity index (χ4n) is 1.35. The van der Waals surface area contributed by atoms with Crippen LogP contribution in [0.4, 0.5) is 5.82 Å². The number of hydrogen-bond acceptors (Lipinski definition) is 3. The molecule has 4 heteroatoms. The predicted molar refractivity (Wildman–Crippen MR) is 52.4 cm³/mol. The molecule has 0 saturated carbocycles. The second-order valence-corrected chi connectivity index (χ2v) is 2.94. The highest BCUT2D eigenvalue weighted by molar-refractivity contribution is 5.48. The van der Waals surface area contributed by atoms with Gasteiger partial charge in [0.05, 0.1) is 5.69 Å². The van der Waals surface area contributed by atoms with Gasteiger partial charge in [-0.1, -0.05) is 6.07 Å². The van der Waals surface area contributed by atoms with Gasteiger partial charge in [0.25, 0.3) is 0 Å². The lowest BCUT2D eigenvalue weighted by Gasteiger charge is -1.95. The smallest absolute Gasteiger partial charge is 0.138 e. The number of nitrogens with zero attached hydrogens (tertiary/aromatic N) is 2. The largest absolute Gasteiger partial charge is 0.385 e. The number of nitrogen functional groups attached to an aromatic ring is 1. The molecule has 4 nitrogen and oxygen atoms in total. The molecule has 0 fully saturated rings. The van der Waals surface area contributed by atoms with E-state index in [1.807, 2.05) is 35.8 Å². The molecule has 0 amide bonds. The van der Waals surface area contributed by atoms with Crippen molar-refractivity contribution in [2.24, 2.45) is 0 Å². The summed E-state index contributed by atoms with van der Waals surface area (Å²) in [7, 11) is 1.90. The van der Waals surface area contributed by atoms with E-state index in [4.69, 9.17) is 5.73 Å². The first-order valence-electron chi connectivity index (χ1n) is 4.18. The first-order valence-corrected chi connectivity index (χ1v) is 4.18. The molecule has 2 aromatic rings. The van der Waals surface area contributed by atoms with Crippen molar-refractivity contribution in [2.45, 2.75) is 6.54 Å². The van der Waals surface area contributed by atoms with Gasteiger partial charge in [-0.15, -0.1) is 0 Å². The lowest BCUT2D eigenvalue weighted by atomic mass is 10.4. The van der Waals surface area contributed by atoms with Crippen LogP contribution in [0.1, 0.15) is 5.69 Å². The van der Waals surface area contributed by atoms with Crippen molar-refractivity contribution in [3.05, 3.63) is 30.1 Å². The van der Waals surface area contributed by atoms with Crippen molar-refractivity contribution in [3.8, 4) is 0 Å². The first-order chi connectivity index (χ1) is 6.31. The van der Waals surface area contributed by atoms with Crippen molar-refractivity contribution in [3.63, 3.8) is 0 Å². The van der Waals surface area contributed by atoms with Crippen LogP contribution in [0.5, 0.6) is 0 Å². The van der Waals surface area contributed by atoms with Crippen molar-refractivity contribution >= 4 is 11.5 Å². The Morgan fingerprint density at radius 3 is 3.08 bits per heavy atom. The second-order valence-electron chi connectivity index (χ2n) is 2.94. The predicted octanol–water partition coefficient (Wildman–Crippen LogP) is 0.636. The van der Waals surface area contributed by atoms with E-state index >= 15 is 0 Å². The highest BCUT2D eigenvalue weighted by Gasteiger charge is 2.01. The van der Waals surface area contributed by atoms with Crippen molar-refractivity contribution < 1.29 is 0 Å². The Kier molecular flexibility index (Phi) is 1.90. The summed E-state index contributed by atoms with van der Waals surface area (Å²) in [4.78, 5) is 4.38. The van der Waals surface area contributed by atoms with Crippen LogP contribution < -0.4 is 11.1 Å². The molecule has 0 aliphatic rings. The monoisotopic (exact) mass is 176 g/mol. The Hall–Kier alpha value is -1.55. The Morgan fingerprint density at radius 2 is 2.38 bits per heavy atom. The lowest BCUT2D eigenvalue weighted by Crippen LogP contribution is -2.04. The van der Waals surface area contributed by atoms with E-state index in [9.17, 15) is 0 Å². The van der Waals surface area contributed by atoms with E-state index in [-0.39, 0.29) is 0 Å². The molecular formula is C9H12N4. The molecule has 2 aromatic heterocycles. The third-order valence-electron chi connectivity index (χ3n) is 1.93. The van der Waals surface area contributed by atoms with Crippen molar-refractivity contribution in [1.82, 2.24) is 14.7 Å².